The Labute approximate surface area is 127 Å². The number of ether oxygens (including phenoxy) is 2. The van der Waals surface area contributed by atoms with Gasteiger partial charge in [0.15, 0.2) is 5.69 Å². The number of rotatable bonds is 6. The van der Waals surface area contributed by atoms with Crippen LogP contribution in [0.1, 0.15) is 37.2 Å². The van der Waals surface area contributed by atoms with E-state index >= 15 is 0 Å². The molecular formula is C15H17N3O4. The Bertz CT molecular complexity index is 649. The van der Waals surface area contributed by atoms with Crippen LogP contribution in [0.25, 0.3) is 11.3 Å². The molecule has 7 nitrogen and oxygen atoms in total. The van der Waals surface area contributed by atoms with E-state index in [1.807, 2.05) is 6.92 Å². The first-order chi connectivity index (χ1) is 10.7. The standard InChI is InChI=1S/C15H17N3O4/c1-3-5-12(19)22-11-8-6-10(7-9-11)13-14(17-18-16-13)15(20)21-4-2/h6-9H,3-5H2,1-2H3,(H,16,17,18). The molecule has 0 saturated carbocycles. The Hall–Kier alpha value is -2.70. The van der Waals surface area contributed by atoms with E-state index in [9.17, 15) is 9.59 Å². The molecule has 0 atom stereocenters. The van der Waals surface area contributed by atoms with Gasteiger partial charge in [-0.05, 0) is 37.6 Å². The Morgan fingerprint density at radius 3 is 2.50 bits per heavy atom. The lowest BCUT2D eigenvalue weighted by Gasteiger charge is -2.05. The van der Waals surface area contributed by atoms with Gasteiger partial charge in [0.1, 0.15) is 11.4 Å². The lowest BCUT2D eigenvalue weighted by atomic mass is 10.1. The van der Waals surface area contributed by atoms with Crippen LogP contribution in [0.4, 0.5) is 0 Å². The van der Waals surface area contributed by atoms with Crippen LogP contribution in [0.5, 0.6) is 5.75 Å². The molecule has 0 aliphatic heterocycles. The first kappa shape index (κ1) is 15.7. The van der Waals surface area contributed by atoms with E-state index in [0.29, 0.717) is 23.4 Å². The van der Waals surface area contributed by atoms with Crippen molar-refractivity contribution >= 4 is 11.9 Å². The molecule has 0 amide bonds. The van der Waals surface area contributed by atoms with Crippen molar-refractivity contribution < 1.29 is 19.1 Å². The van der Waals surface area contributed by atoms with Crippen molar-refractivity contribution in [2.24, 2.45) is 0 Å². The van der Waals surface area contributed by atoms with Crippen LogP contribution in [-0.4, -0.2) is 34.0 Å². The van der Waals surface area contributed by atoms with Gasteiger partial charge in [0.2, 0.25) is 0 Å². The maximum atomic E-state index is 11.8. The largest absolute Gasteiger partial charge is 0.461 e. The minimum atomic E-state index is -0.537. The first-order valence-corrected chi connectivity index (χ1v) is 7.04. The van der Waals surface area contributed by atoms with Crippen LogP contribution in [0.15, 0.2) is 24.3 Å². The second-order valence-corrected chi connectivity index (χ2v) is 4.49. The smallest absolute Gasteiger partial charge is 0.361 e. The maximum absolute atomic E-state index is 11.8. The normalized spacial score (nSPS) is 10.3. The van der Waals surface area contributed by atoms with E-state index in [1.165, 1.54) is 0 Å². The lowest BCUT2D eigenvalue weighted by Crippen LogP contribution is -2.07. The third kappa shape index (κ3) is 3.69. The molecule has 1 aromatic heterocycles. The minimum Gasteiger partial charge on any atom is -0.461 e. The van der Waals surface area contributed by atoms with E-state index in [-0.39, 0.29) is 18.3 Å². The zero-order chi connectivity index (χ0) is 15.9. The van der Waals surface area contributed by atoms with Gasteiger partial charge < -0.3 is 9.47 Å². The molecule has 7 heteroatoms. The summed E-state index contributed by atoms with van der Waals surface area (Å²) in [6.45, 7) is 3.89. The Morgan fingerprint density at radius 2 is 1.86 bits per heavy atom. The highest BCUT2D eigenvalue weighted by Gasteiger charge is 2.19. The molecule has 1 aromatic carbocycles. The van der Waals surface area contributed by atoms with Crippen molar-refractivity contribution in [3.63, 3.8) is 0 Å². The average Bonchev–Trinajstić information content (AvgIpc) is 2.98. The second kappa shape index (κ2) is 7.35. The number of carbonyl (C=O) groups is 2. The molecule has 116 valence electrons. The van der Waals surface area contributed by atoms with E-state index in [4.69, 9.17) is 9.47 Å². The molecule has 0 saturated heterocycles. The predicted octanol–water partition coefficient (Wildman–Crippen LogP) is 2.35. The van der Waals surface area contributed by atoms with Crippen LogP contribution in [0, 0.1) is 0 Å². The van der Waals surface area contributed by atoms with Crippen LogP contribution in [0.2, 0.25) is 0 Å². The van der Waals surface area contributed by atoms with Crippen LogP contribution in [-0.2, 0) is 9.53 Å². The summed E-state index contributed by atoms with van der Waals surface area (Å²) in [4.78, 5) is 23.2. The molecule has 1 heterocycles. The van der Waals surface area contributed by atoms with E-state index in [0.717, 1.165) is 6.42 Å². The van der Waals surface area contributed by atoms with Crippen LogP contribution >= 0.6 is 0 Å². The van der Waals surface area contributed by atoms with Crippen LogP contribution < -0.4 is 4.74 Å². The van der Waals surface area contributed by atoms with Gasteiger partial charge in [0.05, 0.1) is 6.61 Å². The number of nitrogens with zero attached hydrogens (tertiary/aromatic N) is 2. The number of esters is 2. The fraction of sp³-hybridized carbons (Fsp3) is 0.333. The number of hydrogen-bond acceptors (Lipinski definition) is 6. The molecule has 1 N–H and O–H groups in total. The third-order valence-corrected chi connectivity index (χ3v) is 2.83. The summed E-state index contributed by atoms with van der Waals surface area (Å²) >= 11 is 0. The third-order valence-electron chi connectivity index (χ3n) is 2.83. The fourth-order valence-corrected chi connectivity index (χ4v) is 1.84. The number of carbonyl (C=O) groups excluding carboxylic acids is 2. The number of nitrogens with one attached hydrogen (secondary N) is 1. The predicted molar refractivity (Wildman–Crippen MR) is 78.3 cm³/mol. The molecule has 0 bridgehead atoms. The molecule has 22 heavy (non-hydrogen) atoms. The zero-order valence-electron chi connectivity index (χ0n) is 12.5. The Kier molecular flexibility index (Phi) is 5.24. The van der Waals surface area contributed by atoms with E-state index in [1.54, 1.807) is 31.2 Å². The van der Waals surface area contributed by atoms with Crippen molar-refractivity contribution in [3.05, 3.63) is 30.0 Å². The zero-order valence-corrected chi connectivity index (χ0v) is 12.5. The fourth-order valence-electron chi connectivity index (χ4n) is 1.84. The van der Waals surface area contributed by atoms with Crippen molar-refractivity contribution in [3.8, 4) is 17.0 Å². The summed E-state index contributed by atoms with van der Waals surface area (Å²) in [5.41, 5.74) is 1.19. The van der Waals surface area contributed by atoms with Gasteiger partial charge in [-0.2, -0.15) is 10.3 Å². The number of H-pyrrole nitrogens is 1. The van der Waals surface area contributed by atoms with Crippen molar-refractivity contribution in [1.29, 1.82) is 0 Å². The summed E-state index contributed by atoms with van der Waals surface area (Å²) < 4.78 is 10.1. The average molecular weight is 303 g/mol. The molecule has 0 aliphatic rings. The first-order valence-electron chi connectivity index (χ1n) is 7.04. The summed E-state index contributed by atoms with van der Waals surface area (Å²) in [5.74, 6) is -0.364. The highest BCUT2D eigenvalue weighted by Crippen LogP contribution is 2.23. The summed E-state index contributed by atoms with van der Waals surface area (Å²) in [6.07, 6.45) is 1.11. The monoisotopic (exact) mass is 303 g/mol. The molecule has 2 rings (SSSR count). The van der Waals surface area contributed by atoms with E-state index in [2.05, 4.69) is 15.4 Å². The maximum Gasteiger partial charge on any atom is 0.361 e. The van der Waals surface area contributed by atoms with Crippen molar-refractivity contribution in [2.75, 3.05) is 6.61 Å². The molecule has 0 fully saturated rings. The topological polar surface area (TPSA) is 94.2 Å². The summed E-state index contributed by atoms with van der Waals surface area (Å²) in [7, 11) is 0. The van der Waals surface area contributed by atoms with Gasteiger partial charge in [-0.15, -0.1) is 5.10 Å². The molecule has 0 unspecified atom stereocenters. The molecule has 0 spiro atoms. The van der Waals surface area contributed by atoms with Gasteiger partial charge >= 0.3 is 11.9 Å². The molecule has 2 aromatic rings. The number of aromatic nitrogens is 3. The van der Waals surface area contributed by atoms with Gasteiger partial charge in [0, 0.05) is 12.0 Å². The van der Waals surface area contributed by atoms with Gasteiger partial charge in [-0.1, -0.05) is 6.92 Å². The molecular weight excluding hydrogens is 286 g/mol. The highest BCUT2D eigenvalue weighted by molar-refractivity contribution is 5.93. The quantitative estimate of drug-likeness (QED) is 0.650. The summed E-state index contributed by atoms with van der Waals surface area (Å²) in [5, 5.41) is 10.2. The van der Waals surface area contributed by atoms with Gasteiger partial charge in [-0.3, -0.25) is 4.79 Å². The number of benzene rings is 1. The molecule has 0 radical (unpaired) electrons. The highest BCUT2D eigenvalue weighted by atomic mass is 16.5. The van der Waals surface area contributed by atoms with Crippen molar-refractivity contribution in [2.45, 2.75) is 26.7 Å². The summed E-state index contributed by atoms with van der Waals surface area (Å²) in [6, 6.07) is 6.70. The Balaban J connectivity index is 2.16. The van der Waals surface area contributed by atoms with Crippen LogP contribution in [0.3, 0.4) is 0 Å². The van der Waals surface area contributed by atoms with Crippen molar-refractivity contribution in [1.82, 2.24) is 15.4 Å². The van der Waals surface area contributed by atoms with E-state index < -0.39 is 5.97 Å². The number of hydrogen-bond donors (Lipinski definition) is 1. The minimum absolute atomic E-state index is 0.123. The second-order valence-electron chi connectivity index (χ2n) is 4.49. The number of aromatic amines is 1. The SMILES string of the molecule is CCCC(=O)Oc1ccc(-c2n[nH]nc2C(=O)OCC)cc1. The van der Waals surface area contributed by atoms with Gasteiger partial charge in [0.25, 0.3) is 0 Å². The Morgan fingerprint density at radius 1 is 1.14 bits per heavy atom. The lowest BCUT2D eigenvalue weighted by molar-refractivity contribution is -0.134. The molecule has 0 aliphatic carbocycles. The van der Waals surface area contributed by atoms with Gasteiger partial charge in [-0.25, -0.2) is 4.79 Å².